The van der Waals surface area contributed by atoms with Crippen LogP contribution in [0.2, 0.25) is 0 Å². The topological polar surface area (TPSA) is 70.5 Å². The van der Waals surface area contributed by atoms with E-state index in [9.17, 15) is 0 Å². The SMILES string of the molecule is C=C(CCNC(C)C)N1Cc2ccccc2/C(N(N)C(C)C)=C(/N)c2ccccc21.CC. The van der Waals surface area contributed by atoms with Crippen molar-refractivity contribution in [2.45, 2.75) is 66.6 Å². The number of nitrogens with one attached hydrogen (secondary N) is 1. The zero-order valence-corrected chi connectivity index (χ0v) is 20.7. The highest BCUT2D eigenvalue weighted by Gasteiger charge is 2.26. The van der Waals surface area contributed by atoms with Crippen LogP contribution in [0.25, 0.3) is 11.4 Å². The Kier molecular flexibility index (Phi) is 9.36. The molecule has 5 heteroatoms. The van der Waals surface area contributed by atoms with Crippen LogP contribution in [0.4, 0.5) is 5.69 Å². The van der Waals surface area contributed by atoms with Gasteiger partial charge in [0.2, 0.25) is 0 Å². The molecule has 5 N–H and O–H groups in total. The molecule has 0 saturated heterocycles. The number of nitrogens with two attached hydrogens (primary N) is 2. The number of hydrogen-bond acceptors (Lipinski definition) is 5. The lowest BCUT2D eigenvalue weighted by molar-refractivity contribution is 0.343. The second kappa shape index (κ2) is 11.7. The first-order valence-electron chi connectivity index (χ1n) is 11.7. The second-order valence-corrected chi connectivity index (χ2v) is 8.45. The van der Waals surface area contributed by atoms with Crippen LogP contribution < -0.4 is 21.8 Å². The van der Waals surface area contributed by atoms with E-state index in [1.54, 1.807) is 5.01 Å². The summed E-state index contributed by atoms with van der Waals surface area (Å²) in [5.74, 6) is 6.52. The van der Waals surface area contributed by atoms with Crippen LogP contribution >= 0.6 is 0 Å². The Morgan fingerprint density at radius 3 is 2.25 bits per heavy atom. The number of rotatable bonds is 7. The lowest BCUT2D eigenvalue weighted by Gasteiger charge is -2.36. The van der Waals surface area contributed by atoms with Gasteiger partial charge in [-0.25, -0.2) is 5.84 Å². The third-order valence-corrected chi connectivity index (χ3v) is 5.50. The van der Waals surface area contributed by atoms with E-state index in [2.05, 4.69) is 80.9 Å². The zero-order chi connectivity index (χ0) is 23.8. The first kappa shape index (κ1) is 25.5. The highest BCUT2D eigenvalue weighted by molar-refractivity contribution is 5.94. The van der Waals surface area contributed by atoms with Gasteiger partial charge in [0.1, 0.15) is 0 Å². The van der Waals surface area contributed by atoms with Crippen LogP contribution in [0.15, 0.2) is 60.8 Å². The van der Waals surface area contributed by atoms with E-state index in [0.29, 0.717) is 11.7 Å². The van der Waals surface area contributed by atoms with E-state index in [1.165, 1.54) is 5.56 Å². The van der Waals surface area contributed by atoms with Crippen molar-refractivity contribution >= 4 is 17.1 Å². The molecule has 0 unspecified atom stereocenters. The van der Waals surface area contributed by atoms with Crippen LogP contribution in [0, 0.1) is 0 Å². The van der Waals surface area contributed by atoms with Gasteiger partial charge in [0.05, 0.1) is 17.1 Å². The Morgan fingerprint density at radius 2 is 1.62 bits per heavy atom. The molecule has 0 bridgehead atoms. The molecule has 1 aliphatic rings. The largest absolute Gasteiger partial charge is 0.396 e. The molecule has 1 heterocycles. The van der Waals surface area contributed by atoms with Gasteiger partial charge in [-0.15, -0.1) is 0 Å². The quantitative estimate of drug-likeness (QED) is 0.406. The van der Waals surface area contributed by atoms with Gasteiger partial charge in [-0.3, -0.25) is 0 Å². The predicted molar refractivity (Wildman–Crippen MR) is 139 cm³/mol. The van der Waals surface area contributed by atoms with E-state index in [1.807, 2.05) is 26.0 Å². The number of hydrazine groups is 1. The van der Waals surface area contributed by atoms with Gasteiger partial charge in [-0.1, -0.05) is 76.7 Å². The van der Waals surface area contributed by atoms with E-state index in [0.717, 1.165) is 47.7 Å². The summed E-state index contributed by atoms with van der Waals surface area (Å²) in [6, 6.07) is 17.2. The van der Waals surface area contributed by atoms with Crippen LogP contribution in [0.5, 0.6) is 0 Å². The number of para-hydroxylation sites is 1. The Labute approximate surface area is 194 Å². The fraction of sp³-hybridized carbons (Fsp3) is 0.407. The lowest BCUT2D eigenvalue weighted by atomic mass is 9.95. The molecule has 2 aromatic rings. The molecular weight excluding hydrogens is 394 g/mol. The molecule has 1 aliphatic heterocycles. The standard InChI is InChI=1S/C25H35N5.C2H6/c1-17(2)28-15-14-19(5)29-16-20-10-6-7-11-21(20)25(30(27)18(3)4)24(26)22-12-8-9-13-23(22)29;1-2/h6-13,17-18,28H,5,14-16,26-27H2,1-4H3;1-2H3/b25-24-;. The summed E-state index contributed by atoms with van der Waals surface area (Å²) in [7, 11) is 0. The summed E-state index contributed by atoms with van der Waals surface area (Å²) in [4.78, 5) is 2.29. The Hall–Kier alpha value is -2.76. The van der Waals surface area contributed by atoms with Crippen molar-refractivity contribution in [3.05, 3.63) is 77.5 Å². The molecule has 174 valence electrons. The number of nitrogens with zero attached hydrogens (tertiary/aromatic N) is 2. The number of hydrogen-bond donors (Lipinski definition) is 3. The molecular formula is C27H41N5. The van der Waals surface area contributed by atoms with Gasteiger partial charge < -0.3 is 21.0 Å². The number of benzene rings is 2. The molecule has 0 spiro atoms. The monoisotopic (exact) mass is 435 g/mol. The Bertz CT molecular complexity index is 929. The second-order valence-electron chi connectivity index (χ2n) is 8.45. The minimum atomic E-state index is 0.117. The summed E-state index contributed by atoms with van der Waals surface area (Å²) < 4.78 is 0. The smallest absolute Gasteiger partial charge is 0.0832 e. The van der Waals surface area contributed by atoms with Gasteiger partial charge in [0.15, 0.2) is 0 Å². The van der Waals surface area contributed by atoms with Crippen LogP contribution in [-0.4, -0.2) is 23.6 Å². The van der Waals surface area contributed by atoms with Crippen molar-refractivity contribution in [1.82, 2.24) is 10.3 Å². The maximum atomic E-state index is 6.81. The first-order valence-corrected chi connectivity index (χ1v) is 11.7. The summed E-state index contributed by atoms with van der Waals surface area (Å²) in [5.41, 5.74) is 13.7. The summed E-state index contributed by atoms with van der Waals surface area (Å²) in [6.45, 7) is 18.5. The molecule has 3 rings (SSSR count). The minimum Gasteiger partial charge on any atom is -0.396 e. The molecule has 0 amide bonds. The van der Waals surface area contributed by atoms with Gasteiger partial charge in [-0.2, -0.15) is 0 Å². The van der Waals surface area contributed by atoms with Crippen molar-refractivity contribution in [1.29, 1.82) is 0 Å². The third kappa shape index (κ3) is 5.72. The molecule has 5 nitrogen and oxygen atoms in total. The fourth-order valence-electron chi connectivity index (χ4n) is 3.81. The molecule has 0 fully saturated rings. The van der Waals surface area contributed by atoms with Crippen molar-refractivity contribution in [2.75, 3.05) is 11.4 Å². The van der Waals surface area contributed by atoms with E-state index >= 15 is 0 Å². The maximum absolute atomic E-state index is 6.81. The van der Waals surface area contributed by atoms with Crippen LogP contribution in [0.3, 0.4) is 0 Å². The van der Waals surface area contributed by atoms with Crippen LogP contribution in [-0.2, 0) is 6.54 Å². The van der Waals surface area contributed by atoms with E-state index in [-0.39, 0.29) is 6.04 Å². The van der Waals surface area contributed by atoms with Gasteiger partial charge in [-0.05, 0) is 31.9 Å². The van der Waals surface area contributed by atoms with Gasteiger partial charge in [0.25, 0.3) is 0 Å². The van der Waals surface area contributed by atoms with Crippen molar-refractivity contribution in [2.24, 2.45) is 11.6 Å². The molecule has 0 radical (unpaired) electrons. The summed E-state index contributed by atoms with van der Waals surface area (Å²) in [5, 5.41) is 5.26. The highest BCUT2D eigenvalue weighted by atomic mass is 15.4. The number of fused-ring (bicyclic) bond motifs is 2. The predicted octanol–water partition coefficient (Wildman–Crippen LogP) is 5.30. The van der Waals surface area contributed by atoms with Crippen molar-refractivity contribution in [3.63, 3.8) is 0 Å². The normalized spacial score (nSPS) is 15.3. The maximum Gasteiger partial charge on any atom is 0.0832 e. The van der Waals surface area contributed by atoms with Crippen LogP contribution in [0.1, 0.15) is 64.7 Å². The average Bonchev–Trinajstić information content (AvgIpc) is 2.78. The molecule has 0 atom stereocenters. The lowest BCUT2D eigenvalue weighted by Crippen LogP contribution is -2.38. The Balaban J connectivity index is 0.00000176. The molecule has 32 heavy (non-hydrogen) atoms. The van der Waals surface area contributed by atoms with Crippen molar-refractivity contribution in [3.8, 4) is 0 Å². The van der Waals surface area contributed by atoms with E-state index < -0.39 is 0 Å². The fourth-order valence-corrected chi connectivity index (χ4v) is 3.81. The summed E-state index contributed by atoms with van der Waals surface area (Å²) in [6.07, 6.45) is 0.861. The first-order chi connectivity index (χ1) is 15.3. The number of anilines is 1. The Morgan fingerprint density at radius 1 is 1.03 bits per heavy atom. The van der Waals surface area contributed by atoms with Gasteiger partial charge in [0, 0.05) is 42.0 Å². The average molecular weight is 436 g/mol. The summed E-state index contributed by atoms with van der Waals surface area (Å²) >= 11 is 0. The van der Waals surface area contributed by atoms with E-state index in [4.69, 9.17) is 11.6 Å². The van der Waals surface area contributed by atoms with Crippen molar-refractivity contribution < 1.29 is 0 Å². The molecule has 0 aliphatic carbocycles. The van der Waals surface area contributed by atoms with Gasteiger partial charge >= 0.3 is 0 Å². The zero-order valence-electron chi connectivity index (χ0n) is 20.7. The minimum absolute atomic E-state index is 0.117. The molecule has 0 saturated carbocycles. The highest BCUT2D eigenvalue weighted by Crippen LogP contribution is 2.38. The molecule has 2 aromatic carbocycles. The third-order valence-electron chi connectivity index (χ3n) is 5.50. The molecule has 0 aromatic heterocycles.